The average molecular weight is 292 g/mol. The van der Waals surface area contributed by atoms with Gasteiger partial charge in [0, 0.05) is 17.1 Å². The topological polar surface area (TPSA) is 63.6 Å². The minimum atomic E-state index is -1.03. The molecule has 0 aliphatic heterocycles. The number of carboxylic acid groups (broad SMARTS) is 1. The number of carbonyl (C=O) groups is 2. The second-order valence-corrected chi connectivity index (χ2v) is 7.05. The molecule has 0 saturated heterocycles. The number of carbonyl (C=O) groups excluding carboxylic acids is 1. The monoisotopic (exact) mass is 292 g/mol. The van der Waals surface area contributed by atoms with Crippen LogP contribution in [0.1, 0.15) is 46.5 Å². The predicted molar refractivity (Wildman–Crippen MR) is 79.6 cm³/mol. The summed E-state index contributed by atoms with van der Waals surface area (Å²) in [6.07, 6.45) is 5.81. The molecule has 4 nitrogen and oxygen atoms in total. The van der Waals surface area contributed by atoms with E-state index in [1.165, 1.54) is 12.5 Å². The maximum Gasteiger partial charge on any atom is 0.334 e. The molecule has 3 atom stereocenters. The van der Waals surface area contributed by atoms with Gasteiger partial charge in [-0.05, 0) is 37.0 Å². The third kappa shape index (κ3) is 2.63. The number of hydrogen-bond donors (Lipinski definition) is 1. The van der Waals surface area contributed by atoms with E-state index >= 15 is 0 Å². The Morgan fingerprint density at radius 2 is 2.05 bits per heavy atom. The van der Waals surface area contributed by atoms with E-state index in [2.05, 4.69) is 27.4 Å². The van der Waals surface area contributed by atoms with Crippen molar-refractivity contribution in [3.8, 4) is 0 Å². The number of esters is 1. The Hall–Kier alpha value is -1.58. The van der Waals surface area contributed by atoms with Crippen molar-refractivity contribution in [1.29, 1.82) is 0 Å². The summed E-state index contributed by atoms with van der Waals surface area (Å²) in [6, 6.07) is 0. The number of rotatable bonds is 5. The summed E-state index contributed by atoms with van der Waals surface area (Å²) in [4.78, 5) is 22.5. The molecule has 0 aromatic carbocycles. The van der Waals surface area contributed by atoms with Crippen LogP contribution < -0.4 is 0 Å². The van der Waals surface area contributed by atoms with E-state index < -0.39 is 11.9 Å². The van der Waals surface area contributed by atoms with Crippen LogP contribution in [0.5, 0.6) is 0 Å². The standard InChI is InChI=1S/C17H24O4/c1-11(6-5-7-14(18)19)15(20)21-13-10-12-8-9-17(13,4)16(12,2)3/h5,7,12-13H,1,6,8-10H2,2-4H3,(H,18,19). The predicted octanol–water partition coefficient (Wildman–Crippen LogP) is 3.33. The third-order valence-corrected chi connectivity index (χ3v) is 5.88. The lowest BCUT2D eigenvalue weighted by Gasteiger charge is -2.38. The van der Waals surface area contributed by atoms with Gasteiger partial charge in [0.1, 0.15) is 6.10 Å². The van der Waals surface area contributed by atoms with Gasteiger partial charge in [-0.3, -0.25) is 0 Å². The molecule has 2 aliphatic rings. The van der Waals surface area contributed by atoms with E-state index in [0.717, 1.165) is 18.9 Å². The summed E-state index contributed by atoms with van der Waals surface area (Å²) < 4.78 is 5.68. The average Bonchev–Trinajstić information content (AvgIpc) is 2.71. The molecule has 2 rings (SSSR count). The molecule has 2 aliphatic carbocycles. The maximum absolute atomic E-state index is 12.1. The van der Waals surface area contributed by atoms with Gasteiger partial charge in [-0.2, -0.15) is 0 Å². The lowest BCUT2D eigenvalue weighted by Crippen LogP contribution is -2.38. The number of hydrogen-bond acceptors (Lipinski definition) is 3. The van der Waals surface area contributed by atoms with Crippen molar-refractivity contribution < 1.29 is 19.4 Å². The summed E-state index contributed by atoms with van der Waals surface area (Å²) in [5.41, 5.74) is 0.532. The number of allylic oxidation sites excluding steroid dienone is 1. The van der Waals surface area contributed by atoms with Gasteiger partial charge >= 0.3 is 11.9 Å². The van der Waals surface area contributed by atoms with Gasteiger partial charge in [0.25, 0.3) is 0 Å². The highest BCUT2D eigenvalue weighted by molar-refractivity contribution is 5.88. The largest absolute Gasteiger partial charge is 0.478 e. The van der Waals surface area contributed by atoms with Crippen LogP contribution in [-0.2, 0) is 14.3 Å². The fourth-order valence-corrected chi connectivity index (χ4v) is 3.91. The van der Waals surface area contributed by atoms with Crippen molar-refractivity contribution in [3.05, 3.63) is 24.3 Å². The lowest BCUT2D eigenvalue weighted by atomic mass is 9.70. The van der Waals surface area contributed by atoms with Gasteiger partial charge in [0.2, 0.25) is 0 Å². The fraction of sp³-hybridized carbons (Fsp3) is 0.647. The Kier molecular flexibility index (Phi) is 4.00. The molecule has 3 unspecified atom stereocenters. The van der Waals surface area contributed by atoms with Crippen molar-refractivity contribution in [2.24, 2.45) is 16.7 Å². The molecule has 1 N–H and O–H groups in total. The molecular weight excluding hydrogens is 268 g/mol. The van der Waals surface area contributed by atoms with Crippen LogP contribution in [0.2, 0.25) is 0 Å². The Labute approximate surface area is 125 Å². The molecule has 0 heterocycles. The maximum atomic E-state index is 12.1. The highest BCUT2D eigenvalue weighted by Crippen LogP contribution is 2.66. The van der Waals surface area contributed by atoms with Gasteiger partial charge in [-0.25, -0.2) is 9.59 Å². The first-order valence-electron chi connectivity index (χ1n) is 7.46. The third-order valence-electron chi connectivity index (χ3n) is 5.88. The normalized spacial score (nSPS) is 33.3. The van der Waals surface area contributed by atoms with Crippen molar-refractivity contribution in [2.75, 3.05) is 0 Å². The minimum Gasteiger partial charge on any atom is -0.478 e. The zero-order valence-electron chi connectivity index (χ0n) is 13.0. The molecule has 116 valence electrons. The Bertz CT molecular complexity index is 503. The molecule has 2 saturated carbocycles. The highest BCUT2D eigenvalue weighted by Gasteiger charge is 2.62. The summed E-state index contributed by atoms with van der Waals surface area (Å²) in [7, 11) is 0. The Morgan fingerprint density at radius 3 is 2.52 bits per heavy atom. The molecule has 2 bridgehead atoms. The van der Waals surface area contributed by atoms with Crippen molar-refractivity contribution in [2.45, 2.75) is 52.6 Å². The first-order valence-corrected chi connectivity index (χ1v) is 7.46. The molecular formula is C17H24O4. The van der Waals surface area contributed by atoms with Gasteiger partial charge < -0.3 is 9.84 Å². The smallest absolute Gasteiger partial charge is 0.334 e. The fourth-order valence-electron chi connectivity index (χ4n) is 3.91. The summed E-state index contributed by atoms with van der Waals surface area (Å²) in [5, 5.41) is 8.53. The van der Waals surface area contributed by atoms with Crippen molar-refractivity contribution in [1.82, 2.24) is 0 Å². The minimum absolute atomic E-state index is 0.0323. The number of aliphatic carboxylic acids is 1. The summed E-state index contributed by atoms with van der Waals surface area (Å²) in [6.45, 7) is 10.4. The van der Waals surface area contributed by atoms with Gasteiger partial charge in [0.15, 0.2) is 0 Å². The Morgan fingerprint density at radius 1 is 1.38 bits per heavy atom. The van der Waals surface area contributed by atoms with Crippen molar-refractivity contribution in [3.63, 3.8) is 0 Å². The molecule has 4 heteroatoms. The first-order chi connectivity index (χ1) is 9.68. The van der Waals surface area contributed by atoms with Gasteiger partial charge in [0.05, 0.1) is 0 Å². The van der Waals surface area contributed by atoms with Crippen LogP contribution in [0, 0.1) is 16.7 Å². The number of carboxylic acids is 1. The Balaban J connectivity index is 1.95. The van der Waals surface area contributed by atoms with E-state index in [-0.39, 0.29) is 23.4 Å². The van der Waals surface area contributed by atoms with E-state index in [4.69, 9.17) is 9.84 Å². The van der Waals surface area contributed by atoms with E-state index in [9.17, 15) is 9.59 Å². The first kappa shape index (κ1) is 15.8. The zero-order chi connectivity index (χ0) is 15.8. The van der Waals surface area contributed by atoms with Crippen LogP contribution in [0.15, 0.2) is 24.3 Å². The van der Waals surface area contributed by atoms with Crippen LogP contribution >= 0.6 is 0 Å². The lowest BCUT2D eigenvalue weighted by molar-refractivity contribution is -0.152. The van der Waals surface area contributed by atoms with E-state index in [0.29, 0.717) is 11.5 Å². The molecule has 0 amide bonds. The SMILES string of the molecule is C=C(CC=CC(=O)O)C(=O)OC1CC2CCC1(C)C2(C)C. The van der Waals surface area contributed by atoms with Crippen LogP contribution in [0.4, 0.5) is 0 Å². The van der Waals surface area contributed by atoms with E-state index in [1.807, 2.05) is 0 Å². The number of fused-ring (bicyclic) bond motifs is 2. The van der Waals surface area contributed by atoms with Crippen LogP contribution in [0.3, 0.4) is 0 Å². The molecule has 0 spiro atoms. The summed E-state index contributed by atoms with van der Waals surface area (Å²) >= 11 is 0. The van der Waals surface area contributed by atoms with Crippen LogP contribution in [0.25, 0.3) is 0 Å². The molecule has 0 aromatic rings. The van der Waals surface area contributed by atoms with Gasteiger partial charge in [-0.1, -0.05) is 33.4 Å². The molecule has 2 fully saturated rings. The molecule has 0 radical (unpaired) electrons. The quantitative estimate of drug-likeness (QED) is 0.623. The second-order valence-electron chi connectivity index (χ2n) is 7.05. The van der Waals surface area contributed by atoms with Gasteiger partial charge in [-0.15, -0.1) is 0 Å². The second kappa shape index (κ2) is 5.32. The highest BCUT2D eigenvalue weighted by atomic mass is 16.5. The zero-order valence-corrected chi connectivity index (χ0v) is 13.0. The molecule has 0 aromatic heterocycles. The van der Waals surface area contributed by atoms with E-state index in [1.54, 1.807) is 0 Å². The van der Waals surface area contributed by atoms with Crippen LogP contribution in [-0.4, -0.2) is 23.1 Å². The molecule has 21 heavy (non-hydrogen) atoms. The summed E-state index contributed by atoms with van der Waals surface area (Å²) in [5.74, 6) is -0.821. The number of ether oxygens (including phenoxy) is 1. The van der Waals surface area contributed by atoms with Crippen molar-refractivity contribution >= 4 is 11.9 Å².